The normalized spacial score (nSPS) is 8.20. The first-order valence-electron chi connectivity index (χ1n) is 1.67. The van der Waals surface area contributed by atoms with Crippen molar-refractivity contribution in [3.8, 4) is 0 Å². The summed E-state index contributed by atoms with van der Waals surface area (Å²) in [5, 5.41) is 10.8. The van der Waals surface area contributed by atoms with Crippen molar-refractivity contribution < 1.29 is 5.11 Å². The molecule has 0 aliphatic rings. The van der Waals surface area contributed by atoms with E-state index in [4.69, 9.17) is 5.11 Å². The van der Waals surface area contributed by atoms with E-state index in [2.05, 4.69) is 5.23 Å². The van der Waals surface area contributed by atoms with E-state index in [1.807, 2.05) is 0 Å². The van der Waals surface area contributed by atoms with Crippen LogP contribution in [-0.2, 0) is 0 Å². The molecule has 0 aromatic heterocycles. The number of hydrogen-bond donors (Lipinski definition) is 2. The lowest BCUT2D eigenvalue weighted by Gasteiger charge is -1.84. The highest BCUT2D eigenvalue weighted by atomic mass is 16.3. The first kappa shape index (κ1) is 4.98. The minimum atomic E-state index is 0.233. The smallest absolute Gasteiger partial charge is 0.182 e. The molecule has 5 heavy (non-hydrogen) atoms. The third kappa shape index (κ3) is 3.98. The van der Waals surface area contributed by atoms with Crippen molar-refractivity contribution >= 4 is 7.98 Å². The van der Waals surface area contributed by atoms with Crippen molar-refractivity contribution in [2.75, 3.05) is 13.2 Å². The van der Waals surface area contributed by atoms with Gasteiger partial charge in [-0.15, -0.1) is 0 Å². The summed E-state index contributed by atoms with van der Waals surface area (Å²) in [7, 11) is 1.80. The summed E-state index contributed by atoms with van der Waals surface area (Å²) in [6.45, 7) is 0.927. The molecule has 2 N–H and O–H groups in total. The van der Waals surface area contributed by atoms with Crippen LogP contribution in [0.5, 0.6) is 0 Å². The topological polar surface area (TPSA) is 32.3 Å². The first-order valence-corrected chi connectivity index (χ1v) is 1.67. The summed E-state index contributed by atoms with van der Waals surface area (Å²) < 4.78 is 0. The standard InChI is InChI=1S/C2H8BNO/c3-4-1-2-5/h4-5H,1-3H2. The van der Waals surface area contributed by atoms with Crippen molar-refractivity contribution in [3.63, 3.8) is 0 Å². The Bertz CT molecular complexity index is 17.1. The molecule has 0 heterocycles. The second-order valence-electron chi connectivity index (χ2n) is 0.827. The van der Waals surface area contributed by atoms with Crippen LogP contribution >= 0.6 is 0 Å². The molecular formula is C2H8BNO. The maximum absolute atomic E-state index is 8.00. The van der Waals surface area contributed by atoms with E-state index in [1.165, 1.54) is 0 Å². The summed E-state index contributed by atoms with van der Waals surface area (Å²) in [4.78, 5) is 0. The van der Waals surface area contributed by atoms with Crippen molar-refractivity contribution in [1.29, 1.82) is 0 Å². The highest BCUT2D eigenvalue weighted by Gasteiger charge is 1.66. The third-order valence-corrected chi connectivity index (χ3v) is 0.362. The summed E-state index contributed by atoms with van der Waals surface area (Å²) >= 11 is 0. The lowest BCUT2D eigenvalue weighted by Crippen LogP contribution is -2.12. The lowest BCUT2D eigenvalue weighted by atomic mass is 10.4. The lowest BCUT2D eigenvalue weighted by molar-refractivity contribution is 0.302. The molecule has 0 spiro atoms. The van der Waals surface area contributed by atoms with Crippen molar-refractivity contribution in [3.05, 3.63) is 0 Å². The molecule has 0 amide bonds. The quantitative estimate of drug-likeness (QED) is 0.375. The molecule has 0 atom stereocenters. The molecule has 0 aromatic carbocycles. The Kier molecular flexibility index (Phi) is 3.97. The minimum absolute atomic E-state index is 0.233. The molecule has 0 saturated carbocycles. The highest BCUT2D eigenvalue weighted by molar-refractivity contribution is 6.04. The highest BCUT2D eigenvalue weighted by Crippen LogP contribution is 1.41. The first-order chi connectivity index (χ1) is 2.41. The van der Waals surface area contributed by atoms with Crippen LogP contribution < -0.4 is 5.23 Å². The second kappa shape index (κ2) is 3.98. The summed E-state index contributed by atoms with van der Waals surface area (Å²) in [6, 6.07) is 0. The molecule has 0 saturated heterocycles. The van der Waals surface area contributed by atoms with E-state index in [0.29, 0.717) is 6.54 Å². The largest absolute Gasteiger partial charge is 0.395 e. The number of nitrogens with one attached hydrogen (secondary N) is 1. The van der Waals surface area contributed by atoms with Gasteiger partial charge in [-0.1, -0.05) is 0 Å². The van der Waals surface area contributed by atoms with E-state index >= 15 is 0 Å². The van der Waals surface area contributed by atoms with Crippen molar-refractivity contribution in [2.24, 2.45) is 0 Å². The Labute approximate surface area is 32.6 Å². The maximum atomic E-state index is 8.00. The number of aliphatic hydroxyl groups excluding tert-OH is 1. The van der Waals surface area contributed by atoms with E-state index in [9.17, 15) is 0 Å². The molecule has 0 rings (SSSR count). The van der Waals surface area contributed by atoms with Gasteiger partial charge < -0.3 is 10.3 Å². The Morgan fingerprint density at radius 1 is 1.80 bits per heavy atom. The van der Waals surface area contributed by atoms with Crippen LogP contribution in [-0.4, -0.2) is 26.2 Å². The van der Waals surface area contributed by atoms with Gasteiger partial charge >= 0.3 is 0 Å². The monoisotopic (exact) mass is 73.1 g/mol. The molecule has 2 nitrogen and oxygen atoms in total. The van der Waals surface area contributed by atoms with Gasteiger partial charge in [0.05, 0.1) is 6.61 Å². The Balaban J connectivity index is 2.19. The minimum Gasteiger partial charge on any atom is -0.395 e. The fourth-order valence-electron chi connectivity index (χ4n) is 0.112. The van der Waals surface area contributed by atoms with Crippen LogP contribution in [0.2, 0.25) is 0 Å². The summed E-state index contributed by atoms with van der Waals surface area (Å²) in [5.41, 5.74) is 0. The van der Waals surface area contributed by atoms with Crippen LogP contribution in [0.25, 0.3) is 0 Å². The fraction of sp³-hybridized carbons (Fsp3) is 1.00. The number of hydrogen-bond acceptors (Lipinski definition) is 2. The average molecular weight is 72.9 g/mol. The van der Waals surface area contributed by atoms with Gasteiger partial charge in [-0.25, -0.2) is 0 Å². The third-order valence-electron chi connectivity index (χ3n) is 0.362. The van der Waals surface area contributed by atoms with Crippen LogP contribution in [0.1, 0.15) is 0 Å². The Hall–Kier alpha value is -0.0151. The molecule has 0 radical (unpaired) electrons. The molecule has 0 aliphatic heterocycles. The molecule has 0 aliphatic carbocycles. The van der Waals surface area contributed by atoms with E-state index < -0.39 is 0 Å². The fourth-order valence-corrected chi connectivity index (χ4v) is 0.112. The zero-order valence-corrected chi connectivity index (χ0v) is 3.36. The van der Waals surface area contributed by atoms with Gasteiger partial charge in [-0.05, 0) is 0 Å². The van der Waals surface area contributed by atoms with E-state index in [0.717, 1.165) is 0 Å². The predicted octanol–water partition coefficient (Wildman–Crippen LogP) is -1.88. The zero-order valence-electron chi connectivity index (χ0n) is 3.36. The van der Waals surface area contributed by atoms with Crippen molar-refractivity contribution in [1.82, 2.24) is 5.23 Å². The van der Waals surface area contributed by atoms with Crippen LogP contribution in [0.4, 0.5) is 0 Å². The average Bonchev–Trinajstić information content (AvgIpc) is 1.41. The SMILES string of the molecule is BNCCO. The number of aliphatic hydroxyl groups is 1. The van der Waals surface area contributed by atoms with Crippen LogP contribution in [0, 0.1) is 0 Å². The van der Waals surface area contributed by atoms with Gasteiger partial charge in [0.2, 0.25) is 0 Å². The second-order valence-corrected chi connectivity index (χ2v) is 0.827. The zero-order chi connectivity index (χ0) is 4.12. The number of rotatable bonds is 2. The molecule has 0 bridgehead atoms. The Morgan fingerprint density at radius 3 is 2.40 bits per heavy atom. The van der Waals surface area contributed by atoms with Crippen LogP contribution in [0.3, 0.4) is 0 Å². The van der Waals surface area contributed by atoms with Gasteiger partial charge in [0, 0.05) is 6.54 Å². The molecule has 0 fully saturated rings. The van der Waals surface area contributed by atoms with E-state index in [1.54, 1.807) is 7.98 Å². The molecule has 3 heteroatoms. The van der Waals surface area contributed by atoms with Gasteiger partial charge in [0.1, 0.15) is 0 Å². The molecule has 0 aromatic rings. The van der Waals surface area contributed by atoms with Gasteiger partial charge in [0.15, 0.2) is 7.98 Å². The van der Waals surface area contributed by atoms with Gasteiger partial charge in [-0.2, -0.15) is 0 Å². The maximum Gasteiger partial charge on any atom is 0.182 e. The van der Waals surface area contributed by atoms with Crippen molar-refractivity contribution in [2.45, 2.75) is 0 Å². The predicted molar refractivity (Wildman–Crippen MR) is 23.6 cm³/mol. The summed E-state index contributed by atoms with van der Waals surface area (Å²) in [6.07, 6.45) is 0. The Morgan fingerprint density at radius 2 is 2.40 bits per heavy atom. The molecule has 30 valence electrons. The van der Waals surface area contributed by atoms with Crippen LogP contribution in [0.15, 0.2) is 0 Å². The molecular weight excluding hydrogens is 64.8 g/mol. The van der Waals surface area contributed by atoms with Gasteiger partial charge in [-0.3, -0.25) is 0 Å². The molecule has 0 unspecified atom stereocenters. The summed E-state index contributed by atoms with van der Waals surface area (Å²) in [5.74, 6) is 0. The van der Waals surface area contributed by atoms with E-state index in [-0.39, 0.29) is 6.61 Å². The van der Waals surface area contributed by atoms with Gasteiger partial charge in [0.25, 0.3) is 0 Å².